The molecule has 0 aromatic heterocycles. The summed E-state index contributed by atoms with van der Waals surface area (Å²) in [5, 5.41) is 0. The van der Waals surface area contributed by atoms with Crippen molar-refractivity contribution in [3.05, 3.63) is 29.8 Å². The average Bonchev–Trinajstić information content (AvgIpc) is 2.05. The van der Waals surface area contributed by atoms with Gasteiger partial charge in [-0.25, -0.2) is 0 Å². The van der Waals surface area contributed by atoms with E-state index in [-0.39, 0.29) is 0 Å². The highest BCUT2D eigenvalue weighted by atomic mass is 16.1. The molecule has 0 heterocycles. The Morgan fingerprint density at radius 1 is 1.33 bits per heavy atom. The van der Waals surface area contributed by atoms with Crippen molar-refractivity contribution in [2.75, 3.05) is 5.73 Å². The summed E-state index contributed by atoms with van der Waals surface area (Å²) in [5.41, 5.74) is 6.81. The quantitative estimate of drug-likeness (QED) is 0.533. The van der Waals surface area contributed by atoms with Crippen LogP contribution in [0.3, 0.4) is 0 Å². The van der Waals surface area contributed by atoms with E-state index in [1.165, 1.54) is 0 Å². The van der Waals surface area contributed by atoms with Crippen molar-refractivity contribution >= 4 is 12.0 Å². The van der Waals surface area contributed by atoms with Gasteiger partial charge >= 0.3 is 0 Å². The lowest BCUT2D eigenvalue weighted by Crippen LogP contribution is -2.20. The third-order valence-electron chi connectivity index (χ3n) is 1.95. The van der Waals surface area contributed by atoms with Crippen LogP contribution in [0.2, 0.25) is 0 Å². The van der Waals surface area contributed by atoms with Gasteiger partial charge in [0.15, 0.2) is 0 Å². The number of hydrogen-bond donors (Lipinski definition) is 1. The Labute approximate surface area is 72.4 Å². The van der Waals surface area contributed by atoms with Crippen molar-refractivity contribution in [1.82, 2.24) is 0 Å². The van der Waals surface area contributed by atoms with Crippen molar-refractivity contribution in [3.63, 3.8) is 0 Å². The largest absolute Gasteiger partial charge is 0.398 e. The van der Waals surface area contributed by atoms with E-state index < -0.39 is 5.41 Å². The summed E-state index contributed by atoms with van der Waals surface area (Å²) < 4.78 is 0. The third kappa shape index (κ3) is 1.47. The van der Waals surface area contributed by atoms with Gasteiger partial charge in [-0.15, -0.1) is 0 Å². The molecule has 2 heteroatoms. The molecular weight excluding hydrogens is 150 g/mol. The summed E-state index contributed by atoms with van der Waals surface area (Å²) >= 11 is 0. The number of nitrogen functional groups attached to an aromatic ring is 1. The number of benzene rings is 1. The van der Waals surface area contributed by atoms with E-state index in [1.54, 1.807) is 6.07 Å². The van der Waals surface area contributed by atoms with Crippen LogP contribution >= 0.6 is 0 Å². The zero-order valence-corrected chi connectivity index (χ0v) is 7.37. The second-order valence-corrected chi connectivity index (χ2v) is 3.43. The Bertz CT molecular complexity index is 292. The second kappa shape index (κ2) is 2.97. The second-order valence-electron chi connectivity index (χ2n) is 3.43. The van der Waals surface area contributed by atoms with Crippen LogP contribution in [0.4, 0.5) is 5.69 Å². The molecule has 0 saturated heterocycles. The molecule has 0 aliphatic rings. The number of nitrogens with two attached hydrogens (primary N) is 1. The summed E-state index contributed by atoms with van der Waals surface area (Å²) in [4.78, 5) is 10.7. The standard InChI is InChI=1S/C10H13NO/c1-10(2,7-12)8-5-3-4-6-9(8)11/h3-7H,11H2,1-2H3. The monoisotopic (exact) mass is 163 g/mol. The molecule has 1 aromatic carbocycles. The van der Waals surface area contributed by atoms with Gasteiger partial charge in [-0.1, -0.05) is 18.2 Å². The minimum atomic E-state index is -0.481. The van der Waals surface area contributed by atoms with Crippen molar-refractivity contribution in [1.29, 1.82) is 0 Å². The van der Waals surface area contributed by atoms with Gasteiger partial charge in [0.25, 0.3) is 0 Å². The van der Waals surface area contributed by atoms with Crippen LogP contribution in [-0.4, -0.2) is 6.29 Å². The van der Waals surface area contributed by atoms with Crippen molar-refractivity contribution < 1.29 is 4.79 Å². The molecule has 0 saturated carbocycles. The van der Waals surface area contributed by atoms with E-state index in [0.717, 1.165) is 11.8 Å². The average molecular weight is 163 g/mol. The Balaban J connectivity index is 3.19. The predicted octanol–water partition coefficient (Wildman–Crippen LogP) is 1.75. The Morgan fingerprint density at radius 3 is 2.42 bits per heavy atom. The van der Waals surface area contributed by atoms with Crippen LogP contribution in [0.1, 0.15) is 19.4 Å². The van der Waals surface area contributed by atoms with Gasteiger partial charge in [-0.3, -0.25) is 0 Å². The molecule has 1 aromatic rings. The highest BCUT2D eigenvalue weighted by molar-refractivity contribution is 5.71. The van der Waals surface area contributed by atoms with Crippen molar-refractivity contribution in [2.45, 2.75) is 19.3 Å². The highest BCUT2D eigenvalue weighted by Gasteiger charge is 2.21. The van der Waals surface area contributed by atoms with Gasteiger partial charge in [0.1, 0.15) is 6.29 Å². The topological polar surface area (TPSA) is 43.1 Å². The molecule has 0 aliphatic carbocycles. The van der Waals surface area contributed by atoms with Crippen LogP contribution in [0, 0.1) is 0 Å². The van der Waals surface area contributed by atoms with Crippen molar-refractivity contribution in [3.8, 4) is 0 Å². The smallest absolute Gasteiger partial charge is 0.130 e. The van der Waals surface area contributed by atoms with Gasteiger partial charge < -0.3 is 10.5 Å². The van der Waals surface area contributed by atoms with E-state index in [0.29, 0.717) is 5.69 Å². The lowest BCUT2D eigenvalue weighted by Gasteiger charge is -2.18. The number of aldehydes is 1. The molecule has 64 valence electrons. The van der Waals surface area contributed by atoms with E-state index in [9.17, 15) is 4.79 Å². The predicted molar refractivity (Wildman–Crippen MR) is 49.9 cm³/mol. The van der Waals surface area contributed by atoms with E-state index in [2.05, 4.69) is 0 Å². The molecule has 1 rings (SSSR count). The maximum absolute atomic E-state index is 10.7. The zero-order chi connectivity index (χ0) is 9.19. The minimum Gasteiger partial charge on any atom is -0.398 e. The summed E-state index contributed by atoms with van der Waals surface area (Å²) in [6.45, 7) is 3.71. The maximum Gasteiger partial charge on any atom is 0.130 e. The highest BCUT2D eigenvalue weighted by Crippen LogP contribution is 2.25. The number of carbonyl (C=O) groups excluding carboxylic acids is 1. The van der Waals surface area contributed by atoms with E-state index in [1.807, 2.05) is 32.0 Å². The lowest BCUT2D eigenvalue weighted by molar-refractivity contribution is -0.111. The first kappa shape index (κ1) is 8.78. The van der Waals surface area contributed by atoms with Crippen LogP contribution < -0.4 is 5.73 Å². The number of para-hydroxylation sites is 1. The Kier molecular flexibility index (Phi) is 2.18. The summed E-state index contributed by atoms with van der Waals surface area (Å²) in [6.07, 6.45) is 0.915. The minimum absolute atomic E-state index is 0.481. The van der Waals surface area contributed by atoms with Crippen LogP contribution in [0.5, 0.6) is 0 Å². The lowest BCUT2D eigenvalue weighted by atomic mass is 9.85. The molecule has 0 aliphatic heterocycles. The van der Waals surface area contributed by atoms with Crippen molar-refractivity contribution in [2.24, 2.45) is 0 Å². The van der Waals surface area contributed by atoms with Crippen LogP contribution in [-0.2, 0) is 10.2 Å². The first-order chi connectivity index (χ1) is 5.58. The molecule has 0 spiro atoms. The van der Waals surface area contributed by atoms with Gasteiger partial charge in [0, 0.05) is 11.1 Å². The fraction of sp³-hybridized carbons (Fsp3) is 0.300. The molecule has 0 bridgehead atoms. The number of anilines is 1. The summed E-state index contributed by atoms with van der Waals surface area (Å²) in [7, 11) is 0. The SMILES string of the molecule is CC(C)(C=O)c1ccccc1N. The molecule has 0 fully saturated rings. The van der Waals surface area contributed by atoms with E-state index >= 15 is 0 Å². The number of rotatable bonds is 2. The molecule has 0 amide bonds. The Hall–Kier alpha value is -1.31. The molecule has 0 unspecified atom stereocenters. The van der Waals surface area contributed by atoms with Crippen LogP contribution in [0.25, 0.3) is 0 Å². The van der Waals surface area contributed by atoms with Gasteiger partial charge in [0.2, 0.25) is 0 Å². The first-order valence-electron chi connectivity index (χ1n) is 3.89. The first-order valence-corrected chi connectivity index (χ1v) is 3.89. The Morgan fingerprint density at radius 2 is 1.92 bits per heavy atom. The normalized spacial score (nSPS) is 11.2. The molecule has 2 N–H and O–H groups in total. The fourth-order valence-electron chi connectivity index (χ4n) is 1.15. The zero-order valence-electron chi connectivity index (χ0n) is 7.37. The molecule has 0 atom stereocenters. The molecular formula is C10H13NO. The van der Waals surface area contributed by atoms with Gasteiger partial charge in [0.05, 0.1) is 0 Å². The fourth-order valence-corrected chi connectivity index (χ4v) is 1.15. The number of hydrogen-bond acceptors (Lipinski definition) is 2. The third-order valence-corrected chi connectivity index (χ3v) is 1.95. The van der Waals surface area contributed by atoms with Gasteiger partial charge in [-0.2, -0.15) is 0 Å². The number of carbonyl (C=O) groups is 1. The van der Waals surface area contributed by atoms with Gasteiger partial charge in [-0.05, 0) is 25.5 Å². The van der Waals surface area contributed by atoms with Crippen LogP contribution in [0.15, 0.2) is 24.3 Å². The van der Waals surface area contributed by atoms with E-state index in [4.69, 9.17) is 5.73 Å². The molecule has 0 radical (unpaired) electrons. The summed E-state index contributed by atoms with van der Waals surface area (Å²) in [5.74, 6) is 0. The molecule has 12 heavy (non-hydrogen) atoms. The maximum atomic E-state index is 10.7. The summed E-state index contributed by atoms with van der Waals surface area (Å²) in [6, 6.07) is 7.43. The molecule has 2 nitrogen and oxygen atoms in total.